The third kappa shape index (κ3) is 6.46. The Morgan fingerprint density at radius 3 is 2.00 bits per heavy atom. The predicted octanol–water partition coefficient (Wildman–Crippen LogP) is 5.50. The number of hydrogen-bond acceptors (Lipinski definition) is 4. The molecule has 0 aliphatic rings. The largest absolute Gasteiger partial charge is 0.508 e. The molecule has 0 radical (unpaired) electrons. The highest BCUT2D eigenvalue weighted by Crippen LogP contribution is 2.35. The van der Waals surface area contributed by atoms with E-state index in [0.717, 1.165) is 28.9 Å². The molecule has 0 bridgehead atoms. The van der Waals surface area contributed by atoms with Crippen LogP contribution in [0.1, 0.15) is 43.9 Å². The van der Waals surface area contributed by atoms with E-state index >= 15 is 0 Å². The van der Waals surface area contributed by atoms with Crippen LogP contribution in [-0.4, -0.2) is 35.5 Å². The summed E-state index contributed by atoms with van der Waals surface area (Å²) in [6, 6.07) is 26.0. The van der Waals surface area contributed by atoms with Gasteiger partial charge in [-0.3, -0.25) is 0 Å². The first-order valence-electron chi connectivity index (χ1n) is 11.2. The summed E-state index contributed by atoms with van der Waals surface area (Å²) >= 11 is 0. The van der Waals surface area contributed by atoms with Crippen molar-refractivity contribution in [3.05, 3.63) is 95.6 Å². The van der Waals surface area contributed by atoms with Gasteiger partial charge in [-0.1, -0.05) is 75.4 Å². The Morgan fingerprint density at radius 2 is 1.44 bits per heavy atom. The normalized spacial score (nSPS) is 13.0. The zero-order chi connectivity index (χ0) is 22.9. The fourth-order valence-electron chi connectivity index (χ4n) is 3.65. The summed E-state index contributed by atoms with van der Waals surface area (Å²) in [4.78, 5) is 0. The van der Waals surface area contributed by atoms with Gasteiger partial charge in [-0.25, -0.2) is 0 Å². The summed E-state index contributed by atoms with van der Waals surface area (Å²) < 4.78 is 5.79. The van der Waals surface area contributed by atoms with Crippen molar-refractivity contribution in [1.82, 2.24) is 5.32 Å². The van der Waals surface area contributed by atoms with Gasteiger partial charge in [0.05, 0.1) is 0 Å². The second-order valence-corrected chi connectivity index (χ2v) is 8.17. The van der Waals surface area contributed by atoms with Gasteiger partial charge in [0.1, 0.15) is 24.2 Å². The number of aliphatic hydroxyl groups excluding tert-OH is 1. The summed E-state index contributed by atoms with van der Waals surface area (Å²) in [5.74, 6) is 0.972. The Balaban J connectivity index is 1.89. The van der Waals surface area contributed by atoms with Gasteiger partial charge in [-0.2, -0.15) is 0 Å². The van der Waals surface area contributed by atoms with Crippen molar-refractivity contribution in [1.29, 1.82) is 0 Å². The van der Waals surface area contributed by atoms with Gasteiger partial charge in [0.25, 0.3) is 0 Å². The molecule has 0 saturated heterocycles. The van der Waals surface area contributed by atoms with Gasteiger partial charge in [0.2, 0.25) is 0 Å². The van der Waals surface area contributed by atoms with Crippen LogP contribution < -0.4 is 10.1 Å². The number of ether oxygens (including phenoxy) is 1. The van der Waals surface area contributed by atoms with E-state index in [4.69, 9.17) is 4.74 Å². The highest BCUT2D eigenvalue weighted by atomic mass is 16.5. The number of aliphatic hydroxyl groups is 1. The Morgan fingerprint density at radius 1 is 0.844 bits per heavy atom. The predicted molar refractivity (Wildman–Crippen MR) is 132 cm³/mol. The van der Waals surface area contributed by atoms with E-state index < -0.39 is 6.10 Å². The molecule has 0 heterocycles. The van der Waals surface area contributed by atoms with Crippen molar-refractivity contribution in [2.45, 2.75) is 39.3 Å². The van der Waals surface area contributed by atoms with Crippen LogP contribution in [0.3, 0.4) is 0 Å². The smallest absolute Gasteiger partial charge is 0.119 e. The maximum absolute atomic E-state index is 10.1. The number of phenolic OH excluding ortho intramolecular Hbond substituents is 1. The molecular weight excluding hydrogens is 398 g/mol. The van der Waals surface area contributed by atoms with E-state index in [9.17, 15) is 10.2 Å². The fraction of sp³-hybridized carbons (Fsp3) is 0.286. The Labute approximate surface area is 191 Å². The van der Waals surface area contributed by atoms with Crippen molar-refractivity contribution in [3.8, 4) is 11.5 Å². The third-order valence-corrected chi connectivity index (χ3v) is 5.28. The van der Waals surface area contributed by atoms with Gasteiger partial charge in [0, 0.05) is 12.6 Å². The summed E-state index contributed by atoms with van der Waals surface area (Å²) in [5.41, 5.74) is 5.67. The zero-order valence-electron chi connectivity index (χ0n) is 19.1. The lowest BCUT2D eigenvalue weighted by Crippen LogP contribution is -2.35. The molecule has 3 aromatic rings. The average molecular weight is 432 g/mol. The molecule has 0 fully saturated rings. The monoisotopic (exact) mass is 431 g/mol. The van der Waals surface area contributed by atoms with Crippen LogP contribution in [0, 0.1) is 0 Å². The molecule has 32 heavy (non-hydrogen) atoms. The Bertz CT molecular complexity index is 993. The van der Waals surface area contributed by atoms with Gasteiger partial charge in [0.15, 0.2) is 0 Å². The summed E-state index contributed by atoms with van der Waals surface area (Å²) in [5, 5.41) is 23.1. The minimum absolute atomic E-state index is 0.240. The molecule has 1 unspecified atom stereocenters. The highest BCUT2D eigenvalue weighted by Gasteiger charge is 2.14. The molecule has 4 nitrogen and oxygen atoms in total. The zero-order valence-corrected chi connectivity index (χ0v) is 19.1. The topological polar surface area (TPSA) is 61.7 Å². The first-order chi connectivity index (χ1) is 15.5. The van der Waals surface area contributed by atoms with E-state index in [1.54, 1.807) is 12.1 Å². The SMILES string of the molecule is CC/C(=C(\c1ccc(O)cc1)c1ccc(OCC(O)CNC(C)C)cc1)c1ccccc1. The number of rotatable bonds is 10. The third-order valence-electron chi connectivity index (χ3n) is 5.28. The van der Waals surface area contributed by atoms with Gasteiger partial charge in [-0.05, 0) is 58.5 Å². The van der Waals surface area contributed by atoms with Crippen molar-refractivity contribution in [2.24, 2.45) is 0 Å². The Kier molecular flexibility index (Phi) is 8.48. The van der Waals surface area contributed by atoms with Gasteiger partial charge >= 0.3 is 0 Å². The van der Waals surface area contributed by atoms with Crippen LogP contribution in [0.2, 0.25) is 0 Å². The van der Waals surface area contributed by atoms with E-state index in [2.05, 4.69) is 48.6 Å². The molecule has 0 spiro atoms. The fourth-order valence-corrected chi connectivity index (χ4v) is 3.65. The van der Waals surface area contributed by atoms with Crippen molar-refractivity contribution >= 4 is 11.1 Å². The minimum atomic E-state index is -0.561. The minimum Gasteiger partial charge on any atom is -0.508 e. The second-order valence-electron chi connectivity index (χ2n) is 8.17. The second kappa shape index (κ2) is 11.5. The van der Waals surface area contributed by atoms with Crippen molar-refractivity contribution < 1.29 is 14.9 Å². The maximum Gasteiger partial charge on any atom is 0.119 e. The number of allylic oxidation sites excluding steroid dienone is 1. The van der Waals surface area contributed by atoms with E-state index in [0.29, 0.717) is 12.6 Å². The van der Waals surface area contributed by atoms with Crippen LogP contribution >= 0.6 is 0 Å². The standard InChI is InChI=1S/C28H33NO3/c1-4-27(21-8-6-5-7-9-21)28(22-10-14-24(30)15-11-22)23-12-16-26(17-13-23)32-19-25(31)18-29-20(2)3/h5-17,20,25,29-31H,4,18-19H2,1-3H3/b28-27-. The van der Waals surface area contributed by atoms with Gasteiger partial charge < -0.3 is 20.3 Å². The number of nitrogens with one attached hydrogen (secondary N) is 1. The summed E-state index contributed by atoms with van der Waals surface area (Å²) in [6.07, 6.45) is 0.308. The molecule has 0 saturated carbocycles. The number of hydrogen-bond donors (Lipinski definition) is 3. The molecular formula is C28H33NO3. The lowest BCUT2D eigenvalue weighted by molar-refractivity contribution is 0.104. The number of phenols is 1. The molecule has 0 amide bonds. The van der Waals surface area contributed by atoms with E-state index in [1.165, 1.54) is 11.1 Å². The van der Waals surface area contributed by atoms with E-state index in [1.807, 2.05) is 44.2 Å². The van der Waals surface area contributed by atoms with Crippen LogP contribution in [0.5, 0.6) is 11.5 Å². The lowest BCUT2D eigenvalue weighted by Gasteiger charge is -2.18. The van der Waals surface area contributed by atoms with E-state index in [-0.39, 0.29) is 12.4 Å². The van der Waals surface area contributed by atoms with Crippen LogP contribution in [-0.2, 0) is 0 Å². The van der Waals surface area contributed by atoms with Crippen molar-refractivity contribution in [3.63, 3.8) is 0 Å². The maximum atomic E-state index is 10.1. The first-order valence-corrected chi connectivity index (χ1v) is 11.2. The van der Waals surface area contributed by atoms with Crippen LogP contribution in [0.4, 0.5) is 0 Å². The molecule has 1 atom stereocenters. The molecule has 3 rings (SSSR count). The molecule has 168 valence electrons. The number of aromatic hydroxyl groups is 1. The summed E-state index contributed by atoms with van der Waals surface area (Å²) in [7, 11) is 0. The molecule has 0 aliphatic carbocycles. The van der Waals surface area contributed by atoms with Crippen LogP contribution in [0.25, 0.3) is 11.1 Å². The Hall–Kier alpha value is -3.08. The van der Waals surface area contributed by atoms with Gasteiger partial charge in [-0.15, -0.1) is 0 Å². The molecule has 3 N–H and O–H groups in total. The molecule has 4 heteroatoms. The number of benzene rings is 3. The first kappa shape index (κ1) is 23.6. The molecule has 0 aliphatic heterocycles. The highest BCUT2D eigenvalue weighted by molar-refractivity contribution is 5.98. The van der Waals surface area contributed by atoms with Crippen molar-refractivity contribution in [2.75, 3.05) is 13.2 Å². The average Bonchev–Trinajstić information content (AvgIpc) is 2.81. The lowest BCUT2D eigenvalue weighted by atomic mass is 9.88. The molecule has 3 aromatic carbocycles. The van der Waals surface area contributed by atoms with Crippen LogP contribution in [0.15, 0.2) is 78.9 Å². The quantitative estimate of drug-likeness (QED) is 0.371. The molecule has 0 aromatic heterocycles. The summed E-state index contributed by atoms with van der Waals surface area (Å²) in [6.45, 7) is 6.99.